The van der Waals surface area contributed by atoms with Crippen molar-refractivity contribution in [3.63, 3.8) is 0 Å². The molecule has 0 radical (unpaired) electrons. The van der Waals surface area contributed by atoms with Gasteiger partial charge in [0.1, 0.15) is 5.82 Å². The van der Waals surface area contributed by atoms with Crippen LogP contribution in [0.3, 0.4) is 0 Å². The number of rotatable bonds is 2. The molecule has 0 atom stereocenters. The predicted octanol–water partition coefficient (Wildman–Crippen LogP) is 4.62. The van der Waals surface area contributed by atoms with Crippen LogP contribution in [0.4, 0.5) is 17.6 Å². The number of halogens is 5. The molecule has 0 heterocycles. The molecule has 2 aromatic rings. The van der Waals surface area contributed by atoms with Crippen LogP contribution in [0, 0.1) is 5.82 Å². The highest BCUT2D eigenvalue weighted by atomic mass is 35.5. The van der Waals surface area contributed by atoms with Crippen LogP contribution in [0.25, 0.3) is 11.1 Å². The lowest BCUT2D eigenvalue weighted by Gasteiger charge is -2.11. The summed E-state index contributed by atoms with van der Waals surface area (Å²) in [6.45, 7) is 0.293. The van der Waals surface area contributed by atoms with Crippen molar-refractivity contribution in [2.45, 2.75) is 12.7 Å². The summed E-state index contributed by atoms with van der Waals surface area (Å²) in [6, 6.07) is 7.62. The van der Waals surface area contributed by atoms with Gasteiger partial charge in [0.05, 0.1) is 5.56 Å². The first kappa shape index (κ1) is 14.8. The molecule has 1 nitrogen and oxygen atoms in total. The summed E-state index contributed by atoms with van der Waals surface area (Å²) in [7, 11) is 0. The van der Waals surface area contributed by atoms with Crippen molar-refractivity contribution in [1.29, 1.82) is 0 Å². The Morgan fingerprint density at radius 2 is 1.75 bits per heavy atom. The number of benzene rings is 2. The molecular formula is C14H10ClF4N. The lowest BCUT2D eigenvalue weighted by atomic mass is 10.0. The third kappa shape index (κ3) is 2.94. The Hall–Kier alpha value is -1.59. The highest BCUT2D eigenvalue weighted by Gasteiger charge is 2.33. The predicted molar refractivity (Wildman–Crippen MR) is 69.7 cm³/mol. The zero-order valence-electron chi connectivity index (χ0n) is 10.1. The Morgan fingerprint density at radius 3 is 2.25 bits per heavy atom. The second-order valence-corrected chi connectivity index (χ2v) is 4.62. The van der Waals surface area contributed by atoms with Gasteiger partial charge in [-0.3, -0.25) is 0 Å². The number of nitrogens with two attached hydrogens (primary N) is 1. The van der Waals surface area contributed by atoms with E-state index in [1.54, 1.807) is 18.2 Å². The van der Waals surface area contributed by atoms with Gasteiger partial charge in [-0.15, -0.1) is 0 Å². The Kier molecular flexibility index (Phi) is 4.01. The van der Waals surface area contributed by atoms with Crippen molar-refractivity contribution in [2.24, 2.45) is 5.73 Å². The second kappa shape index (κ2) is 5.42. The summed E-state index contributed by atoms with van der Waals surface area (Å²) in [4.78, 5) is 0. The van der Waals surface area contributed by atoms with Crippen LogP contribution in [-0.2, 0) is 12.7 Å². The van der Waals surface area contributed by atoms with E-state index in [0.29, 0.717) is 23.2 Å². The van der Waals surface area contributed by atoms with Crippen LogP contribution in [0.15, 0.2) is 36.4 Å². The summed E-state index contributed by atoms with van der Waals surface area (Å²) in [5.74, 6) is -1.33. The first-order valence-corrected chi connectivity index (χ1v) is 6.06. The molecule has 6 heteroatoms. The number of alkyl halides is 3. The van der Waals surface area contributed by atoms with Crippen molar-refractivity contribution in [3.05, 3.63) is 58.4 Å². The fourth-order valence-corrected chi connectivity index (χ4v) is 2.14. The third-order valence-electron chi connectivity index (χ3n) is 2.85. The van der Waals surface area contributed by atoms with Gasteiger partial charge in [0, 0.05) is 17.1 Å². The van der Waals surface area contributed by atoms with E-state index in [-0.39, 0.29) is 5.56 Å². The Balaban J connectivity index is 2.47. The monoisotopic (exact) mass is 303 g/mol. The van der Waals surface area contributed by atoms with Gasteiger partial charge >= 0.3 is 6.18 Å². The minimum Gasteiger partial charge on any atom is -0.326 e. The van der Waals surface area contributed by atoms with Gasteiger partial charge < -0.3 is 5.73 Å². The maximum Gasteiger partial charge on any atom is 0.419 e. The van der Waals surface area contributed by atoms with Gasteiger partial charge in [-0.2, -0.15) is 13.2 Å². The molecule has 0 fully saturated rings. The SMILES string of the molecule is NCc1ccc(-c2ccc(C(F)(F)F)c(F)c2)c(Cl)c1. The maximum atomic E-state index is 13.5. The fourth-order valence-electron chi connectivity index (χ4n) is 1.83. The lowest BCUT2D eigenvalue weighted by Crippen LogP contribution is -2.07. The Morgan fingerprint density at radius 1 is 1.05 bits per heavy atom. The smallest absolute Gasteiger partial charge is 0.326 e. The van der Waals surface area contributed by atoms with Gasteiger partial charge in [-0.25, -0.2) is 4.39 Å². The molecule has 2 N–H and O–H groups in total. The van der Waals surface area contributed by atoms with Crippen molar-refractivity contribution in [3.8, 4) is 11.1 Å². The summed E-state index contributed by atoms with van der Waals surface area (Å²) in [5, 5.41) is 0.312. The molecule has 0 aliphatic rings. The van der Waals surface area contributed by atoms with E-state index >= 15 is 0 Å². The van der Waals surface area contributed by atoms with Crippen LogP contribution in [0.1, 0.15) is 11.1 Å². The third-order valence-corrected chi connectivity index (χ3v) is 3.17. The van der Waals surface area contributed by atoms with E-state index in [1.807, 2.05) is 0 Å². The fraction of sp³-hybridized carbons (Fsp3) is 0.143. The highest BCUT2D eigenvalue weighted by Crippen LogP contribution is 2.35. The molecule has 0 aromatic heterocycles. The zero-order valence-corrected chi connectivity index (χ0v) is 10.9. The molecule has 0 saturated carbocycles. The first-order chi connectivity index (χ1) is 9.32. The molecule has 0 spiro atoms. The van der Waals surface area contributed by atoms with E-state index in [1.165, 1.54) is 6.07 Å². The van der Waals surface area contributed by atoms with E-state index in [2.05, 4.69) is 0 Å². The van der Waals surface area contributed by atoms with E-state index < -0.39 is 17.6 Å². The Bertz CT molecular complexity index is 638. The summed E-state index contributed by atoms with van der Waals surface area (Å²) >= 11 is 6.02. The van der Waals surface area contributed by atoms with Crippen molar-refractivity contribution in [1.82, 2.24) is 0 Å². The first-order valence-electron chi connectivity index (χ1n) is 5.68. The van der Waals surface area contributed by atoms with Gasteiger partial charge in [0.15, 0.2) is 0 Å². The minimum absolute atomic E-state index is 0.282. The zero-order chi connectivity index (χ0) is 14.9. The minimum atomic E-state index is -4.71. The van der Waals surface area contributed by atoms with E-state index in [4.69, 9.17) is 17.3 Å². The average molecular weight is 304 g/mol. The van der Waals surface area contributed by atoms with Gasteiger partial charge in [-0.05, 0) is 29.3 Å². The second-order valence-electron chi connectivity index (χ2n) is 4.21. The molecule has 2 rings (SSSR count). The molecular weight excluding hydrogens is 294 g/mol. The standard InChI is InChI=1S/C14H10ClF4N/c15-12-5-8(7-20)1-3-10(12)9-2-4-11(13(16)6-9)14(17,18)19/h1-6H,7,20H2. The van der Waals surface area contributed by atoms with Crippen molar-refractivity contribution >= 4 is 11.6 Å². The van der Waals surface area contributed by atoms with E-state index in [9.17, 15) is 17.6 Å². The van der Waals surface area contributed by atoms with Gasteiger partial charge in [0.25, 0.3) is 0 Å². The molecule has 0 saturated heterocycles. The largest absolute Gasteiger partial charge is 0.419 e. The van der Waals surface area contributed by atoms with Gasteiger partial charge in [-0.1, -0.05) is 29.8 Å². The van der Waals surface area contributed by atoms with Crippen LogP contribution in [0.5, 0.6) is 0 Å². The molecule has 0 aliphatic carbocycles. The summed E-state index contributed by atoms with van der Waals surface area (Å²) in [6.07, 6.45) is -4.71. The van der Waals surface area contributed by atoms with E-state index in [0.717, 1.165) is 11.6 Å². The number of hydrogen-bond acceptors (Lipinski definition) is 1. The van der Waals surface area contributed by atoms with Crippen LogP contribution in [-0.4, -0.2) is 0 Å². The average Bonchev–Trinajstić information content (AvgIpc) is 2.36. The summed E-state index contributed by atoms with van der Waals surface area (Å²) in [5.41, 5.74) is 5.68. The molecule has 20 heavy (non-hydrogen) atoms. The lowest BCUT2D eigenvalue weighted by molar-refractivity contribution is -0.139. The summed E-state index contributed by atoms with van der Waals surface area (Å²) < 4.78 is 51.0. The van der Waals surface area contributed by atoms with Crippen molar-refractivity contribution in [2.75, 3.05) is 0 Å². The molecule has 106 valence electrons. The highest BCUT2D eigenvalue weighted by molar-refractivity contribution is 6.33. The Labute approximate surface area is 118 Å². The van der Waals surface area contributed by atoms with Gasteiger partial charge in [0.2, 0.25) is 0 Å². The number of hydrogen-bond donors (Lipinski definition) is 1. The molecule has 0 bridgehead atoms. The molecule has 0 unspecified atom stereocenters. The van der Waals surface area contributed by atoms with Crippen LogP contribution in [0.2, 0.25) is 5.02 Å². The normalized spacial score (nSPS) is 11.7. The maximum absolute atomic E-state index is 13.5. The molecule has 2 aromatic carbocycles. The molecule has 0 aliphatic heterocycles. The quantitative estimate of drug-likeness (QED) is 0.805. The van der Waals surface area contributed by atoms with Crippen LogP contribution >= 0.6 is 11.6 Å². The van der Waals surface area contributed by atoms with Crippen LogP contribution < -0.4 is 5.73 Å². The van der Waals surface area contributed by atoms with Crippen molar-refractivity contribution < 1.29 is 17.6 Å². The topological polar surface area (TPSA) is 26.0 Å². The molecule has 0 amide bonds.